The van der Waals surface area contributed by atoms with Gasteiger partial charge < -0.3 is 0 Å². The standard InChI is InChI=1S/C30H30N4/c1-5-15-27(16-6-1)25-31-33(29-19-9-3-10-20-29)23-13-14-24-34(30-21-11-4-12-22-30)32-26-28-17-7-2-8-18-28/h1-12,15-22,25-26H,13-14,23-24H2/b31-25+,32-26+. The lowest BCUT2D eigenvalue weighted by Crippen LogP contribution is -2.22. The molecule has 0 spiro atoms. The Labute approximate surface area is 202 Å². The van der Waals surface area contributed by atoms with E-state index in [0.29, 0.717) is 0 Å². The topological polar surface area (TPSA) is 31.2 Å². The highest BCUT2D eigenvalue weighted by molar-refractivity contribution is 5.80. The molecular weight excluding hydrogens is 416 g/mol. The van der Waals surface area contributed by atoms with E-state index in [1.807, 2.05) is 61.0 Å². The monoisotopic (exact) mass is 446 g/mol. The van der Waals surface area contributed by atoms with Gasteiger partial charge in [-0.05, 0) is 48.2 Å². The fraction of sp³-hybridized carbons (Fsp3) is 0.133. The van der Waals surface area contributed by atoms with Crippen molar-refractivity contribution in [1.82, 2.24) is 0 Å². The normalized spacial score (nSPS) is 11.2. The third-order valence-electron chi connectivity index (χ3n) is 5.39. The summed E-state index contributed by atoms with van der Waals surface area (Å²) < 4.78 is 0. The number of hydrazone groups is 2. The van der Waals surface area contributed by atoms with Crippen molar-refractivity contribution >= 4 is 23.8 Å². The van der Waals surface area contributed by atoms with Crippen molar-refractivity contribution in [3.05, 3.63) is 132 Å². The van der Waals surface area contributed by atoms with Gasteiger partial charge in [-0.1, -0.05) is 97.1 Å². The van der Waals surface area contributed by atoms with Crippen LogP contribution in [0.2, 0.25) is 0 Å². The Morgan fingerprint density at radius 2 is 0.765 bits per heavy atom. The molecule has 0 amide bonds. The van der Waals surface area contributed by atoms with E-state index in [1.165, 1.54) is 0 Å². The average molecular weight is 447 g/mol. The van der Waals surface area contributed by atoms with E-state index in [9.17, 15) is 0 Å². The molecule has 0 unspecified atom stereocenters. The predicted molar refractivity (Wildman–Crippen MR) is 145 cm³/mol. The molecule has 0 aliphatic carbocycles. The van der Waals surface area contributed by atoms with Crippen LogP contribution in [0.25, 0.3) is 0 Å². The number of rotatable bonds is 11. The molecule has 4 nitrogen and oxygen atoms in total. The molecule has 170 valence electrons. The summed E-state index contributed by atoms with van der Waals surface area (Å²) >= 11 is 0. The number of unbranched alkanes of at least 4 members (excludes halogenated alkanes) is 1. The van der Waals surface area contributed by atoms with Gasteiger partial charge in [-0.25, -0.2) is 0 Å². The van der Waals surface area contributed by atoms with Crippen LogP contribution < -0.4 is 10.0 Å². The summed E-state index contributed by atoms with van der Waals surface area (Å²) in [5.74, 6) is 0. The summed E-state index contributed by atoms with van der Waals surface area (Å²) in [6.07, 6.45) is 5.83. The van der Waals surface area contributed by atoms with Gasteiger partial charge in [-0.15, -0.1) is 0 Å². The van der Waals surface area contributed by atoms with E-state index in [1.54, 1.807) is 0 Å². The van der Waals surface area contributed by atoms with Crippen molar-refractivity contribution in [3.8, 4) is 0 Å². The van der Waals surface area contributed by atoms with Crippen LogP contribution >= 0.6 is 0 Å². The Hall–Kier alpha value is -4.18. The van der Waals surface area contributed by atoms with Gasteiger partial charge in [0.15, 0.2) is 0 Å². The zero-order chi connectivity index (χ0) is 23.3. The number of hydrogen-bond acceptors (Lipinski definition) is 4. The van der Waals surface area contributed by atoms with Crippen LogP contribution in [0.5, 0.6) is 0 Å². The quantitative estimate of drug-likeness (QED) is 0.143. The van der Waals surface area contributed by atoms with Crippen LogP contribution in [0.15, 0.2) is 132 Å². The fourth-order valence-electron chi connectivity index (χ4n) is 3.58. The van der Waals surface area contributed by atoms with Crippen molar-refractivity contribution in [3.63, 3.8) is 0 Å². The zero-order valence-corrected chi connectivity index (χ0v) is 19.3. The Morgan fingerprint density at radius 1 is 0.441 bits per heavy atom. The highest BCUT2D eigenvalue weighted by Gasteiger charge is 2.07. The molecule has 4 aromatic rings. The number of para-hydroxylation sites is 2. The molecule has 0 N–H and O–H groups in total. The maximum atomic E-state index is 4.78. The van der Waals surface area contributed by atoms with Crippen molar-refractivity contribution in [2.45, 2.75) is 12.8 Å². The van der Waals surface area contributed by atoms with Gasteiger partial charge in [0.2, 0.25) is 0 Å². The molecule has 0 aliphatic heterocycles. The second kappa shape index (κ2) is 12.8. The first kappa shape index (κ1) is 23.0. The van der Waals surface area contributed by atoms with E-state index in [-0.39, 0.29) is 0 Å². The Kier molecular flexibility index (Phi) is 8.63. The minimum Gasteiger partial charge on any atom is -0.266 e. The summed E-state index contributed by atoms with van der Waals surface area (Å²) in [5, 5.41) is 13.7. The van der Waals surface area contributed by atoms with Gasteiger partial charge in [-0.3, -0.25) is 10.0 Å². The Morgan fingerprint density at radius 3 is 1.12 bits per heavy atom. The third-order valence-corrected chi connectivity index (χ3v) is 5.39. The largest absolute Gasteiger partial charge is 0.266 e. The molecule has 4 heteroatoms. The van der Waals surface area contributed by atoms with Crippen molar-refractivity contribution in [2.75, 3.05) is 23.1 Å². The Balaban J connectivity index is 1.40. The van der Waals surface area contributed by atoms with Crippen molar-refractivity contribution in [1.29, 1.82) is 0 Å². The van der Waals surface area contributed by atoms with Gasteiger partial charge in [-0.2, -0.15) is 10.2 Å². The zero-order valence-electron chi connectivity index (χ0n) is 19.3. The first-order valence-corrected chi connectivity index (χ1v) is 11.7. The van der Waals surface area contributed by atoms with Gasteiger partial charge in [0.05, 0.1) is 23.8 Å². The van der Waals surface area contributed by atoms with Crippen LogP contribution in [-0.4, -0.2) is 25.5 Å². The van der Waals surface area contributed by atoms with E-state index < -0.39 is 0 Å². The number of hydrogen-bond donors (Lipinski definition) is 0. The predicted octanol–water partition coefficient (Wildman–Crippen LogP) is 6.85. The lowest BCUT2D eigenvalue weighted by atomic mass is 10.2. The molecule has 0 bridgehead atoms. The highest BCUT2D eigenvalue weighted by atomic mass is 15.5. The SMILES string of the molecule is C(=N\N(CCCCN(/N=C/c1ccccc1)c1ccccc1)c1ccccc1)/c1ccccc1. The lowest BCUT2D eigenvalue weighted by Gasteiger charge is -2.22. The minimum atomic E-state index is 0.832. The number of nitrogens with zero attached hydrogens (tertiary/aromatic N) is 4. The second-order valence-electron chi connectivity index (χ2n) is 7.93. The minimum absolute atomic E-state index is 0.832. The molecule has 0 aromatic heterocycles. The molecule has 0 aliphatic rings. The van der Waals surface area contributed by atoms with Crippen LogP contribution in [0.1, 0.15) is 24.0 Å². The second-order valence-corrected chi connectivity index (χ2v) is 7.93. The summed E-state index contributed by atoms with van der Waals surface area (Å²) in [5.41, 5.74) is 4.37. The summed E-state index contributed by atoms with van der Waals surface area (Å²) in [6, 6.07) is 41.1. The third kappa shape index (κ3) is 7.17. The first-order chi connectivity index (χ1) is 16.9. The fourth-order valence-corrected chi connectivity index (χ4v) is 3.58. The summed E-state index contributed by atoms with van der Waals surface area (Å²) in [7, 11) is 0. The van der Waals surface area contributed by atoms with Gasteiger partial charge in [0, 0.05) is 13.1 Å². The molecule has 0 saturated heterocycles. The number of benzene rings is 4. The van der Waals surface area contributed by atoms with E-state index in [2.05, 4.69) is 82.8 Å². The maximum absolute atomic E-state index is 4.78. The molecule has 0 radical (unpaired) electrons. The molecule has 4 rings (SSSR count). The maximum Gasteiger partial charge on any atom is 0.0593 e. The van der Waals surface area contributed by atoms with Gasteiger partial charge in [0.1, 0.15) is 0 Å². The van der Waals surface area contributed by atoms with E-state index in [0.717, 1.165) is 48.4 Å². The Bertz CT molecular complexity index is 1050. The van der Waals surface area contributed by atoms with Crippen LogP contribution in [0, 0.1) is 0 Å². The van der Waals surface area contributed by atoms with E-state index >= 15 is 0 Å². The molecule has 0 heterocycles. The van der Waals surface area contributed by atoms with E-state index in [4.69, 9.17) is 10.2 Å². The number of anilines is 2. The first-order valence-electron chi connectivity index (χ1n) is 11.7. The van der Waals surface area contributed by atoms with Gasteiger partial charge in [0.25, 0.3) is 0 Å². The van der Waals surface area contributed by atoms with Crippen LogP contribution in [-0.2, 0) is 0 Å². The van der Waals surface area contributed by atoms with Crippen LogP contribution in [0.3, 0.4) is 0 Å². The van der Waals surface area contributed by atoms with Crippen molar-refractivity contribution < 1.29 is 0 Å². The molecule has 4 aromatic carbocycles. The summed E-state index contributed by atoms with van der Waals surface area (Å²) in [4.78, 5) is 0. The highest BCUT2D eigenvalue weighted by Crippen LogP contribution is 2.17. The molecular formula is C30H30N4. The summed E-state index contributed by atoms with van der Waals surface area (Å²) in [6.45, 7) is 1.66. The lowest BCUT2D eigenvalue weighted by molar-refractivity contribution is 0.681. The van der Waals surface area contributed by atoms with Crippen molar-refractivity contribution in [2.24, 2.45) is 10.2 Å². The molecule has 34 heavy (non-hydrogen) atoms. The molecule has 0 fully saturated rings. The van der Waals surface area contributed by atoms with Crippen LogP contribution in [0.4, 0.5) is 11.4 Å². The smallest absolute Gasteiger partial charge is 0.0593 e. The van der Waals surface area contributed by atoms with Gasteiger partial charge >= 0.3 is 0 Å². The average Bonchev–Trinajstić information content (AvgIpc) is 2.92. The molecule has 0 atom stereocenters. The molecule has 0 saturated carbocycles.